The summed E-state index contributed by atoms with van der Waals surface area (Å²) in [6, 6.07) is 0. The first-order chi connectivity index (χ1) is 5.91. The number of rotatable bonds is 5. The van der Waals surface area contributed by atoms with Crippen LogP contribution >= 0.6 is 11.8 Å². The SMILES string of the molecule is CC(=O)CC(C[NH+](C)C)SC(C)=O. The van der Waals surface area contributed by atoms with Gasteiger partial charge >= 0.3 is 0 Å². The Hall–Kier alpha value is -0.350. The fraction of sp³-hybridized carbons (Fsp3) is 0.778. The van der Waals surface area contributed by atoms with Gasteiger partial charge in [-0.05, 0) is 6.92 Å². The molecule has 4 heteroatoms. The van der Waals surface area contributed by atoms with Crippen LogP contribution in [0.1, 0.15) is 20.3 Å². The van der Waals surface area contributed by atoms with Crippen LogP contribution in [-0.4, -0.2) is 36.8 Å². The molecule has 1 N–H and O–H groups in total. The lowest BCUT2D eigenvalue weighted by atomic mass is 10.2. The molecule has 3 nitrogen and oxygen atoms in total. The van der Waals surface area contributed by atoms with Gasteiger partial charge in [-0.2, -0.15) is 0 Å². The molecule has 0 aromatic rings. The molecule has 76 valence electrons. The monoisotopic (exact) mass is 204 g/mol. The van der Waals surface area contributed by atoms with Gasteiger partial charge in [0.1, 0.15) is 5.78 Å². The lowest BCUT2D eigenvalue weighted by Gasteiger charge is -2.15. The van der Waals surface area contributed by atoms with Crippen molar-refractivity contribution in [3.05, 3.63) is 0 Å². The number of hydrogen-bond acceptors (Lipinski definition) is 3. The number of hydrogen-bond donors (Lipinski definition) is 1. The highest BCUT2D eigenvalue weighted by atomic mass is 32.2. The van der Waals surface area contributed by atoms with Crippen molar-refractivity contribution in [2.75, 3.05) is 20.6 Å². The summed E-state index contributed by atoms with van der Waals surface area (Å²) in [7, 11) is 4.04. The third-order valence-electron chi connectivity index (χ3n) is 1.48. The fourth-order valence-corrected chi connectivity index (χ4v) is 2.37. The van der Waals surface area contributed by atoms with Crippen LogP contribution in [0.3, 0.4) is 0 Å². The third-order valence-corrected chi connectivity index (χ3v) is 2.48. The molecule has 0 rings (SSSR count). The Morgan fingerprint density at radius 2 is 1.85 bits per heavy atom. The van der Waals surface area contributed by atoms with Crippen molar-refractivity contribution >= 4 is 22.7 Å². The molecule has 13 heavy (non-hydrogen) atoms. The van der Waals surface area contributed by atoms with Crippen molar-refractivity contribution in [1.82, 2.24) is 0 Å². The fourth-order valence-electron chi connectivity index (χ4n) is 1.17. The van der Waals surface area contributed by atoms with Crippen LogP contribution in [-0.2, 0) is 9.59 Å². The molecule has 0 aromatic heterocycles. The van der Waals surface area contributed by atoms with Crippen LogP contribution in [0.4, 0.5) is 0 Å². The minimum absolute atomic E-state index is 0.0903. The van der Waals surface area contributed by atoms with E-state index < -0.39 is 0 Å². The van der Waals surface area contributed by atoms with Gasteiger partial charge in [0.2, 0.25) is 0 Å². The van der Waals surface area contributed by atoms with E-state index in [1.165, 1.54) is 16.7 Å². The Labute approximate surface area is 83.9 Å². The normalized spacial score (nSPS) is 13.0. The zero-order valence-electron chi connectivity index (χ0n) is 8.72. The molecule has 0 aromatic carbocycles. The van der Waals surface area contributed by atoms with Gasteiger partial charge in [-0.1, -0.05) is 11.8 Å². The largest absolute Gasteiger partial charge is 0.339 e. The molecule has 0 radical (unpaired) electrons. The summed E-state index contributed by atoms with van der Waals surface area (Å²) in [5.74, 6) is 0.153. The molecule has 1 unspecified atom stereocenters. The average molecular weight is 204 g/mol. The second-order valence-corrected chi connectivity index (χ2v) is 5.03. The quantitative estimate of drug-likeness (QED) is 0.671. The number of quaternary nitrogens is 1. The summed E-state index contributed by atoms with van der Waals surface area (Å²) < 4.78 is 0. The second kappa shape index (κ2) is 6.16. The zero-order valence-corrected chi connectivity index (χ0v) is 9.53. The first kappa shape index (κ1) is 12.7. The zero-order chi connectivity index (χ0) is 10.4. The van der Waals surface area contributed by atoms with Gasteiger partial charge in [-0.3, -0.25) is 9.59 Å². The van der Waals surface area contributed by atoms with E-state index in [0.29, 0.717) is 6.42 Å². The van der Waals surface area contributed by atoms with Crippen molar-refractivity contribution in [1.29, 1.82) is 0 Å². The van der Waals surface area contributed by atoms with Crippen molar-refractivity contribution in [3.63, 3.8) is 0 Å². The Kier molecular flexibility index (Phi) is 5.99. The van der Waals surface area contributed by atoms with Crippen LogP contribution in [0.5, 0.6) is 0 Å². The second-order valence-electron chi connectivity index (χ2n) is 3.55. The van der Waals surface area contributed by atoms with Gasteiger partial charge in [0, 0.05) is 13.3 Å². The van der Waals surface area contributed by atoms with Gasteiger partial charge in [0.15, 0.2) is 5.12 Å². The van der Waals surface area contributed by atoms with Crippen molar-refractivity contribution in [3.8, 4) is 0 Å². The van der Waals surface area contributed by atoms with E-state index in [9.17, 15) is 9.59 Å². The Bertz CT molecular complexity index is 176. The van der Waals surface area contributed by atoms with E-state index in [4.69, 9.17) is 0 Å². The smallest absolute Gasteiger partial charge is 0.186 e. The highest BCUT2D eigenvalue weighted by Gasteiger charge is 2.17. The predicted molar refractivity (Wildman–Crippen MR) is 55.0 cm³/mol. The summed E-state index contributed by atoms with van der Waals surface area (Å²) >= 11 is 1.28. The van der Waals surface area contributed by atoms with E-state index in [0.717, 1.165) is 6.54 Å². The maximum Gasteiger partial charge on any atom is 0.186 e. The maximum absolute atomic E-state index is 10.9. The first-order valence-corrected chi connectivity index (χ1v) is 5.25. The van der Waals surface area contributed by atoms with Gasteiger partial charge in [-0.25, -0.2) is 0 Å². The number of Topliss-reactive ketones (excluding diaryl/α,β-unsaturated/α-hetero) is 1. The lowest BCUT2D eigenvalue weighted by molar-refractivity contribution is -0.857. The maximum atomic E-state index is 10.9. The summed E-state index contributed by atoms with van der Waals surface area (Å²) in [6.45, 7) is 3.96. The third kappa shape index (κ3) is 7.99. The van der Waals surface area contributed by atoms with Crippen molar-refractivity contribution in [2.24, 2.45) is 0 Å². The topological polar surface area (TPSA) is 38.6 Å². The van der Waals surface area contributed by atoms with Gasteiger partial charge in [-0.15, -0.1) is 0 Å². The molecule has 0 spiro atoms. The van der Waals surface area contributed by atoms with E-state index in [2.05, 4.69) is 0 Å². The Morgan fingerprint density at radius 1 is 1.31 bits per heavy atom. The molecule has 0 saturated carbocycles. The Morgan fingerprint density at radius 3 is 2.15 bits per heavy atom. The van der Waals surface area contributed by atoms with Crippen molar-refractivity contribution in [2.45, 2.75) is 25.5 Å². The molecule has 0 aliphatic rings. The van der Waals surface area contributed by atoms with Crippen molar-refractivity contribution < 1.29 is 14.5 Å². The first-order valence-electron chi connectivity index (χ1n) is 4.37. The minimum atomic E-state index is 0.0903. The molecule has 0 amide bonds. The van der Waals surface area contributed by atoms with Gasteiger partial charge in [0.05, 0.1) is 25.9 Å². The van der Waals surface area contributed by atoms with Gasteiger partial charge in [0.25, 0.3) is 0 Å². The van der Waals surface area contributed by atoms with Crippen LogP contribution in [0.2, 0.25) is 0 Å². The molecule has 0 bridgehead atoms. The number of ketones is 1. The summed E-state index contributed by atoms with van der Waals surface area (Å²) in [6.07, 6.45) is 0.495. The number of nitrogens with one attached hydrogen (secondary N) is 1. The van der Waals surface area contributed by atoms with E-state index in [1.807, 2.05) is 14.1 Å². The molecule has 0 saturated heterocycles. The summed E-state index contributed by atoms with van der Waals surface area (Å²) in [4.78, 5) is 23.0. The molecular formula is C9H18NO2S+. The molecule has 0 aliphatic carbocycles. The van der Waals surface area contributed by atoms with Gasteiger partial charge < -0.3 is 4.90 Å². The molecule has 1 atom stereocenters. The number of carbonyl (C=O) groups excluding carboxylic acids is 2. The lowest BCUT2D eigenvalue weighted by Crippen LogP contribution is -3.06. The van der Waals surface area contributed by atoms with Crippen LogP contribution in [0.15, 0.2) is 0 Å². The molecule has 0 fully saturated rings. The minimum Gasteiger partial charge on any atom is -0.339 e. The summed E-state index contributed by atoms with van der Waals surface area (Å²) in [5, 5.41) is 0.229. The molecular weight excluding hydrogens is 186 g/mol. The predicted octanol–water partition coefficient (Wildman–Crippen LogP) is -0.242. The highest BCUT2D eigenvalue weighted by molar-refractivity contribution is 8.14. The average Bonchev–Trinajstić information content (AvgIpc) is 1.80. The van der Waals surface area contributed by atoms with E-state index >= 15 is 0 Å². The van der Waals surface area contributed by atoms with Crippen LogP contribution in [0, 0.1) is 0 Å². The van der Waals surface area contributed by atoms with Crippen LogP contribution in [0.25, 0.3) is 0 Å². The standard InChI is InChI=1S/C9H17NO2S/c1-7(11)5-9(6-10(3)4)13-8(2)12/h9H,5-6H2,1-4H3/p+1. The van der Waals surface area contributed by atoms with E-state index in [1.54, 1.807) is 13.8 Å². The highest BCUT2D eigenvalue weighted by Crippen LogP contribution is 2.14. The number of thioether (sulfide) groups is 1. The summed E-state index contributed by atoms with van der Waals surface area (Å²) in [5.41, 5.74) is 0. The van der Waals surface area contributed by atoms with E-state index in [-0.39, 0.29) is 16.1 Å². The van der Waals surface area contributed by atoms with Crippen LogP contribution < -0.4 is 4.90 Å². The molecule has 0 heterocycles. The Balaban J connectivity index is 4.02. The molecule has 0 aliphatic heterocycles. The number of carbonyl (C=O) groups is 2.